The number of imide groups is 1. The van der Waals surface area contributed by atoms with Gasteiger partial charge in [0.15, 0.2) is 0 Å². The van der Waals surface area contributed by atoms with Crippen LogP contribution in [-0.4, -0.2) is 38.5 Å². The number of rotatable bonds is 5. The molecule has 2 N–H and O–H groups in total. The van der Waals surface area contributed by atoms with Crippen molar-refractivity contribution in [1.29, 1.82) is 0 Å². The van der Waals surface area contributed by atoms with Crippen LogP contribution < -0.4 is 5.73 Å². The smallest absolute Gasteiger partial charge is 0.251 e. The Morgan fingerprint density at radius 1 is 1.19 bits per heavy atom. The molecule has 4 heterocycles. The van der Waals surface area contributed by atoms with Crippen LogP contribution in [0, 0.1) is 24.2 Å². The van der Waals surface area contributed by atoms with Crippen molar-refractivity contribution in [3.63, 3.8) is 0 Å². The third-order valence-electron chi connectivity index (χ3n) is 7.91. The van der Waals surface area contributed by atoms with Crippen LogP contribution in [0.5, 0.6) is 0 Å². The van der Waals surface area contributed by atoms with Gasteiger partial charge in [0.2, 0.25) is 17.7 Å². The summed E-state index contributed by atoms with van der Waals surface area (Å²) < 4.78 is 27.8. The maximum Gasteiger partial charge on any atom is 0.251 e. The first kappa shape index (κ1) is 25.7. The van der Waals surface area contributed by atoms with Crippen LogP contribution in [0.25, 0.3) is 21.5 Å². The van der Waals surface area contributed by atoms with Gasteiger partial charge in [-0.3, -0.25) is 29.3 Å². The summed E-state index contributed by atoms with van der Waals surface area (Å²) in [7, 11) is 0. The minimum Gasteiger partial charge on any atom is -0.366 e. The molecule has 37 heavy (non-hydrogen) atoms. The number of nitrogens with zero attached hydrogens (tertiary/aromatic N) is 3. The number of hydrogen-bond acceptors (Lipinski definition) is 6. The van der Waals surface area contributed by atoms with Crippen LogP contribution in [-0.2, 0) is 16.1 Å². The SMILES string of the molecule is Cc1cc(C2CC(F)(F)C2)nc(-c2ccnc3cc(CN4C(=O)C5C(C4=O)C5(C)C)sc23)c1C(N)=O.Cl. The molecule has 3 fully saturated rings. The molecule has 2 aliphatic carbocycles. The topological polar surface area (TPSA) is 106 Å². The molecular formula is C26H25ClF2N4O3S. The molecule has 194 valence electrons. The fourth-order valence-electron chi connectivity index (χ4n) is 5.85. The van der Waals surface area contributed by atoms with Gasteiger partial charge in [0.25, 0.3) is 5.91 Å². The largest absolute Gasteiger partial charge is 0.366 e. The van der Waals surface area contributed by atoms with Crippen LogP contribution in [0.2, 0.25) is 0 Å². The fourth-order valence-corrected chi connectivity index (χ4v) is 6.97. The van der Waals surface area contributed by atoms with Gasteiger partial charge >= 0.3 is 0 Å². The van der Waals surface area contributed by atoms with Gasteiger partial charge in [-0.05, 0) is 36.1 Å². The molecule has 0 spiro atoms. The average molecular weight is 547 g/mol. The number of carbonyl (C=O) groups excluding carboxylic acids is 3. The fraction of sp³-hybridized carbons (Fsp3) is 0.423. The molecule has 3 aromatic rings. The minimum atomic E-state index is -2.70. The number of primary amides is 1. The third kappa shape index (κ3) is 3.84. The van der Waals surface area contributed by atoms with Crippen LogP contribution >= 0.6 is 23.7 Å². The lowest BCUT2D eigenvalue weighted by atomic mass is 9.78. The predicted octanol–water partition coefficient (Wildman–Crippen LogP) is 4.84. The second kappa shape index (κ2) is 8.26. The summed E-state index contributed by atoms with van der Waals surface area (Å²) in [6.45, 7) is 5.76. The van der Waals surface area contributed by atoms with Gasteiger partial charge in [-0.15, -0.1) is 23.7 Å². The van der Waals surface area contributed by atoms with E-state index >= 15 is 0 Å². The van der Waals surface area contributed by atoms with Gasteiger partial charge in [-0.1, -0.05) is 13.8 Å². The molecule has 6 rings (SSSR count). The highest BCUT2D eigenvalue weighted by Gasteiger charge is 2.72. The lowest BCUT2D eigenvalue weighted by molar-refractivity contribution is -0.143. The van der Waals surface area contributed by atoms with E-state index in [2.05, 4.69) is 9.97 Å². The van der Waals surface area contributed by atoms with Crippen LogP contribution in [0.4, 0.5) is 8.78 Å². The molecule has 0 bridgehead atoms. The zero-order valence-corrected chi connectivity index (χ0v) is 22.0. The summed E-state index contributed by atoms with van der Waals surface area (Å²) in [5.74, 6) is -4.52. The maximum absolute atomic E-state index is 13.5. The second-order valence-corrected chi connectivity index (χ2v) is 11.9. The first-order chi connectivity index (χ1) is 16.9. The van der Waals surface area contributed by atoms with Crippen molar-refractivity contribution in [2.45, 2.75) is 52.0 Å². The molecule has 2 atom stereocenters. The quantitative estimate of drug-likeness (QED) is 0.461. The van der Waals surface area contributed by atoms with Crippen molar-refractivity contribution in [2.75, 3.05) is 0 Å². The van der Waals surface area contributed by atoms with Gasteiger partial charge in [-0.25, -0.2) is 8.78 Å². The van der Waals surface area contributed by atoms with Gasteiger partial charge < -0.3 is 5.73 Å². The van der Waals surface area contributed by atoms with E-state index in [1.165, 1.54) is 16.2 Å². The summed E-state index contributed by atoms with van der Waals surface area (Å²) >= 11 is 1.36. The van der Waals surface area contributed by atoms with E-state index in [1.807, 2.05) is 19.9 Å². The lowest BCUT2D eigenvalue weighted by Crippen LogP contribution is -2.35. The van der Waals surface area contributed by atoms with Crippen molar-refractivity contribution < 1.29 is 23.2 Å². The molecule has 3 aromatic heterocycles. The first-order valence-corrected chi connectivity index (χ1v) is 12.6. The normalized spacial score (nSPS) is 23.5. The summed E-state index contributed by atoms with van der Waals surface area (Å²) in [5, 5.41) is 0. The molecule has 11 heteroatoms. The molecule has 2 unspecified atom stereocenters. The van der Waals surface area contributed by atoms with Gasteiger partial charge in [-0.2, -0.15) is 0 Å². The van der Waals surface area contributed by atoms with E-state index in [0.717, 1.165) is 9.58 Å². The van der Waals surface area contributed by atoms with Crippen molar-refractivity contribution in [3.05, 3.63) is 46.1 Å². The molecule has 0 radical (unpaired) electrons. The van der Waals surface area contributed by atoms with Gasteiger partial charge in [0.05, 0.1) is 39.9 Å². The van der Waals surface area contributed by atoms with Crippen LogP contribution in [0.15, 0.2) is 24.4 Å². The number of aromatic nitrogens is 2. The number of aryl methyl sites for hydroxylation is 1. The Bertz CT molecular complexity index is 1470. The number of pyridine rings is 2. The number of piperidine rings is 1. The highest BCUT2D eigenvalue weighted by atomic mass is 35.5. The van der Waals surface area contributed by atoms with Crippen molar-refractivity contribution >= 4 is 51.7 Å². The molecular weight excluding hydrogens is 522 g/mol. The van der Waals surface area contributed by atoms with E-state index in [-0.39, 0.29) is 66.4 Å². The van der Waals surface area contributed by atoms with E-state index in [4.69, 9.17) is 5.73 Å². The summed E-state index contributed by atoms with van der Waals surface area (Å²) in [5.41, 5.74) is 8.34. The molecule has 3 aliphatic rings. The molecule has 0 aromatic carbocycles. The first-order valence-electron chi connectivity index (χ1n) is 11.8. The Hall–Kier alpha value is -2.98. The average Bonchev–Trinajstić information content (AvgIpc) is 3.02. The number of alkyl halides is 2. The Labute approximate surface area is 221 Å². The Morgan fingerprint density at radius 2 is 1.84 bits per heavy atom. The summed E-state index contributed by atoms with van der Waals surface area (Å²) in [4.78, 5) is 49.2. The summed E-state index contributed by atoms with van der Waals surface area (Å²) in [6.07, 6.45) is 1.03. The molecule has 1 saturated heterocycles. The molecule has 2 saturated carbocycles. The standard InChI is InChI=1S/C26H24F2N4O3S.ClH/c1-11-6-15(12-8-26(27,28)9-12)31-20(17(11)22(29)33)14-4-5-30-16-7-13(36-21(14)16)10-32-23(34)18-19(24(32)35)25(18,2)3;/h4-7,12,18-19H,8-10H2,1-3H3,(H2,29,33);1H. The van der Waals surface area contributed by atoms with Gasteiger partial charge in [0.1, 0.15) is 0 Å². The number of amides is 3. The van der Waals surface area contributed by atoms with E-state index in [1.54, 1.807) is 25.3 Å². The number of halogens is 3. The highest BCUT2D eigenvalue weighted by Crippen LogP contribution is 2.63. The number of hydrogen-bond donors (Lipinski definition) is 1. The maximum atomic E-state index is 13.5. The van der Waals surface area contributed by atoms with Crippen LogP contribution in [0.3, 0.4) is 0 Å². The Kier molecular flexibility index (Phi) is 5.73. The molecule has 3 amide bonds. The third-order valence-corrected chi connectivity index (χ3v) is 9.06. The number of carbonyl (C=O) groups is 3. The summed E-state index contributed by atoms with van der Waals surface area (Å²) in [6, 6.07) is 5.21. The van der Waals surface area contributed by atoms with Crippen molar-refractivity contribution in [3.8, 4) is 11.3 Å². The number of thiophene rings is 1. The highest BCUT2D eigenvalue weighted by molar-refractivity contribution is 7.19. The molecule has 1 aliphatic heterocycles. The van der Waals surface area contributed by atoms with Crippen LogP contribution in [0.1, 0.15) is 59.1 Å². The zero-order valence-electron chi connectivity index (χ0n) is 20.4. The van der Waals surface area contributed by atoms with Gasteiger partial charge in [0, 0.05) is 41.1 Å². The van der Waals surface area contributed by atoms with Crippen molar-refractivity contribution in [2.24, 2.45) is 23.0 Å². The number of nitrogens with two attached hydrogens (primary N) is 1. The Balaban J connectivity index is 0.00000280. The van der Waals surface area contributed by atoms with E-state index in [9.17, 15) is 23.2 Å². The van der Waals surface area contributed by atoms with E-state index in [0.29, 0.717) is 28.0 Å². The second-order valence-electron chi connectivity index (χ2n) is 10.7. The van der Waals surface area contributed by atoms with Crippen molar-refractivity contribution in [1.82, 2.24) is 14.9 Å². The predicted molar refractivity (Wildman–Crippen MR) is 137 cm³/mol. The minimum absolute atomic E-state index is 0. The lowest BCUT2D eigenvalue weighted by Gasteiger charge is -2.35. The zero-order chi connectivity index (χ0) is 25.7. The Morgan fingerprint density at radius 3 is 2.43 bits per heavy atom. The number of fused-ring (bicyclic) bond motifs is 2. The monoisotopic (exact) mass is 546 g/mol. The number of likely N-dealkylation sites (tertiary alicyclic amines) is 1. The molecule has 7 nitrogen and oxygen atoms in total. The van der Waals surface area contributed by atoms with E-state index < -0.39 is 17.7 Å².